The van der Waals surface area contributed by atoms with Crippen molar-refractivity contribution in [3.05, 3.63) is 11.8 Å². The number of amides is 1. The van der Waals surface area contributed by atoms with Crippen LogP contribution in [0.2, 0.25) is 0 Å². The van der Waals surface area contributed by atoms with E-state index in [1.54, 1.807) is 41.5 Å². The molecule has 9 heteroatoms. The maximum absolute atomic E-state index is 12.8. The number of anilines is 1. The van der Waals surface area contributed by atoms with E-state index in [1.165, 1.54) is 26.6 Å². The van der Waals surface area contributed by atoms with Crippen molar-refractivity contribution in [2.24, 2.45) is 0 Å². The third-order valence-corrected chi connectivity index (χ3v) is 4.52. The first-order valence-corrected chi connectivity index (χ1v) is 11.0. The summed E-state index contributed by atoms with van der Waals surface area (Å²) in [6.45, 7) is 13.3. The molecule has 8 nitrogen and oxygen atoms in total. The lowest BCUT2D eigenvalue weighted by Gasteiger charge is -2.24. The molecule has 1 aromatic heterocycles. The van der Waals surface area contributed by atoms with Gasteiger partial charge in [0.05, 0.1) is 7.11 Å². The molecule has 0 aliphatic rings. The summed E-state index contributed by atoms with van der Waals surface area (Å²) < 4.78 is 28.6. The summed E-state index contributed by atoms with van der Waals surface area (Å²) in [4.78, 5) is 29.0. The van der Waals surface area contributed by atoms with E-state index in [-0.39, 0.29) is 22.4 Å². The molecule has 1 heterocycles. The SMILES string of the molecule is COc1c(NC(=O)OC(C)(C)C)ncc(P(C)(C)=O)c1C(=O)OC(C)(C)C. The minimum absolute atomic E-state index is 0.0233. The quantitative estimate of drug-likeness (QED) is 0.608. The summed E-state index contributed by atoms with van der Waals surface area (Å²) in [6.07, 6.45) is 0.530. The van der Waals surface area contributed by atoms with Crippen molar-refractivity contribution >= 4 is 30.3 Å². The average Bonchev–Trinajstić information content (AvgIpc) is 2.41. The number of carbonyl (C=O) groups excluding carboxylic acids is 2. The van der Waals surface area contributed by atoms with Gasteiger partial charge < -0.3 is 18.8 Å². The van der Waals surface area contributed by atoms with Crippen molar-refractivity contribution in [1.29, 1.82) is 0 Å². The second kappa shape index (κ2) is 7.89. The van der Waals surface area contributed by atoms with Crippen molar-refractivity contribution in [2.45, 2.75) is 52.7 Å². The molecular weight excluding hydrogens is 371 g/mol. The second-order valence-corrected chi connectivity index (χ2v) is 11.6. The number of carbonyl (C=O) groups is 2. The molecule has 1 amide bonds. The lowest BCUT2D eigenvalue weighted by Crippen LogP contribution is -2.30. The number of methoxy groups -OCH3 is 1. The zero-order chi connectivity index (χ0) is 21.2. The van der Waals surface area contributed by atoms with Crippen LogP contribution in [0.1, 0.15) is 51.9 Å². The normalized spacial score (nSPS) is 12.3. The number of nitrogens with one attached hydrogen (secondary N) is 1. The summed E-state index contributed by atoms with van der Waals surface area (Å²) >= 11 is 0. The van der Waals surface area contributed by atoms with E-state index in [0.29, 0.717) is 0 Å². The molecule has 1 aromatic rings. The molecule has 1 rings (SSSR count). The second-order valence-electron chi connectivity index (χ2n) is 8.38. The van der Waals surface area contributed by atoms with E-state index in [9.17, 15) is 14.2 Å². The lowest BCUT2D eigenvalue weighted by molar-refractivity contribution is 0.00675. The van der Waals surface area contributed by atoms with E-state index in [1.807, 2.05) is 0 Å². The van der Waals surface area contributed by atoms with Crippen molar-refractivity contribution in [3.63, 3.8) is 0 Å². The first kappa shape index (κ1) is 23.0. The molecule has 0 saturated carbocycles. The average molecular weight is 400 g/mol. The molecule has 0 unspecified atom stereocenters. The predicted molar refractivity (Wildman–Crippen MR) is 105 cm³/mol. The number of nitrogens with zero attached hydrogens (tertiary/aromatic N) is 1. The van der Waals surface area contributed by atoms with Crippen molar-refractivity contribution in [3.8, 4) is 5.75 Å². The van der Waals surface area contributed by atoms with Gasteiger partial charge in [-0.05, 0) is 54.9 Å². The van der Waals surface area contributed by atoms with Crippen LogP contribution in [-0.4, -0.2) is 48.7 Å². The molecule has 0 fully saturated rings. The van der Waals surface area contributed by atoms with Crippen LogP contribution in [0.25, 0.3) is 0 Å². The van der Waals surface area contributed by atoms with Crippen LogP contribution < -0.4 is 15.4 Å². The number of hydrogen-bond donors (Lipinski definition) is 1. The van der Waals surface area contributed by atoms with Gasteiger partial charge in [-0.25, -0.2) is 14.6 Å². The number of rotatable bonds is 4. The standard InChI is InChI=1S/C18H29N2O6P/c1-17(2,3)25-15(21)12-11(27(8,9)23)10-19-14(13(12)24-7)20-16(22)26-18(4,5)6/h10H,1-9H3,(H,19,20,22). The van der Waals surface area contributed by atoms with Crippen molar-refractivity contribution in [2.75, 3.05) is 25.8 Å². The third kappa shape index (κ3) is 6.86. The van der Waals surface area contributed by atoms with Crippen LogP contribution in [0, 0.1) is 0 Å². The Kier molecular flexibility index (Phi) is 6.71. The van der Waals surface area contributed by atoms with Gasteiger partial charge in [-0.15, -0.1) is 0 Å². The van der Waals surface area contributed by atoms with E-state index >= 15 is 0 Å². The molecule has 0 radical (unpaired) electrons. The highest BCUT2D eigenvalue weighted by Gasteiger charge is 2.32. The Morgan fingerprint density at radius 2 is 1.56 bits per heavy atom. The Morgan fingerprint density at radius 1 is 1.04 bits per heavy atom. The van der Waals surface area contributed by atoms with Gasteiger partial charge in [0.15, 0.2) is 11.6 Å². The first-order chi connectivity index (χ1) is 12.0. The summed E-state index contributed by atoms with van der Waals surface area (Å²) in [6, 6.07) is 0. The molecule has 152 valence electrons. The maximum Gasteiger partial charge on any atom is 0.413 e. The minimum atomic E-state index is -2.89. The van der Waals surface area contributed by atoms with Crippen LogP contribution in [0.3, 0.4) is 0 Å². The maximum atomic E-state index is 12.8. The molecule has 0 aliphatic carbocycles. The Labute approximate surface area is 160 Å². The summed E-state index contributed by atoms with van der Waals surface area (Å²) in [5, 5.41) is 2.67. The predicted octanol–water partition coefficient (Wildman–Crippen LogP) is 3.64. The summed E-state index contributed by atoms with van der Waals surface area (Å²) in [7, 11) is -1.57. The van der Waals surface area contributed by atoms with Crippen LogP contribution >= 0.6 is 7.14 Å². The number of esters is 1. The minimum Gasteiger partial charge on any atom is -0.492 e. The third-order valence-electron chi connectivity index (χ3n) is 3.02. The molecule has 27 heavy (non-hydrogen) atoms. The van der Waals surface area contributed by atoms with E-state index in [2.05, 4.69) is 10.3 Å². The molecule has 0 atom stereocenters. The number of aromatic nitrogens is 1. The fourth-order valence-corrected chi connectivity index (χ4v) is 3.17. The monoisotopic (exact) mass is 400 g/mol. The molecule has 0 saturated heterocycles. The van der Waals surface area contributed by atoms with Gasteiger partial charge in [0, 0.05) is 11.5 Å². The first-order valence-electron chi connectivity index (χ1n) is 8.41. The Bertz CT molecular complexity index is 771. The highest BCUT2D eigenvalue weighted by Crippen LogP contribution is 2.40. The van der Waals surface area contributed by atoms with E-state index < -0.39 is 30.4 Å². The Balaban J connectivity index is 3.49. The number of ether oxygens (including phenoxy) is 3. The molecule has 0 bridgehead atoms. The van der Waals surface area contributed by atoms with Crippen LogP contribution in [-0.2, 0) is 14.0 Å². The highest BCUT2D eigenvalue weighted by atomic mass is 31.2. The molecular formula is C18H29N2O6P. The fourth-order valence-electron chi connectivity index (χ4n) is 2.11. The Morgan fingerprint density at radius 3 is 1.96 bits per heavy atom. The van der Waals surface area contributed by atoms with E-state index in [0.717, 1.165) is 0 Å². The van der Waals surface area contributed by atoms with Crippen LogP contribution in [0.5, 0.6) is 5.75 Å². The van der Waals surface area contributed by atoms with Gasteiger partial charge in [0.2, 0.25) is 0 Å². The topological polar surface area (TPSA) is 104 Å². The number of pyridine rings is 1. The fraction of sp³-hybridized carbons (Fsp3) is 0.611. The van der Waals surface area contributed by atoms with Crippen molar-refractivity contribution in [1.82, 2.24) is 4.98 Å². The van der Waals surface area contributed by atoms with Gasteiger partial charge in [-0.1, -0.05) is 0 Å². The van der Waals surface area contributed by atoms with Gasteiger partial charge in [-0.2, -0.15) is 0 Å². The lowest BCUT2D eigenvalue weighted by atomic mass is 10.1. The van der Waals surface area contributed by atoms with Gasteiger partial charge in [0.1, 0.15) is 23.9 Å². The molecule has 1 N–H and O–H groups in total. The van der Waals surface area contributed by atoms with Crippen LogP contribution in [0.15, 0.2) is 6.20 Å². The van der Waals surface area contributed by atoms with E-state index in [4.69, 9.17) is 14.2 Å². The van der Waals surface area contributed by atoms with Crippen LogP contribution in [0.4, 0.5) is 10.6 Å². The largest absolute Gasteiger partial charge is 0.492 e. The molecule has 0 spiro atoms. The number of hydrogen-bond acceptors (Lipinski definition) is 7. The smallest absolute Gasteiger partial charge is 0.413 e. The van der Waals surface area contributed by atoms with Gasteiger partial charge in [-0.3, -0.25) is 5.32 Å². The molecule has 0 aliphatic heterocycles. The molecule has 0 aromatic carbocycles. The highest BCUT2D eigenvalue weighted by molar-refractivity contribution is 7.70. The zero-order valence-electron chi connectivity index (χ0n) is 17.4. The summed E-state index contributed by atoms with van der Waals surface area (Å²) in [5.41, 5.74) is -1.51. The van der Waals surface area contributed by atoms with Crippen molar-refractivity contribution < 1.29 is 28.4 Å². The summed E-state index contributed by atoms with van der Waals surface area (Å²) in [5.74, 6) is -0.769. The zero-order valence-corrected chi connectivity index (χ0v) is 18.3. The van der Waals surface area contributed by atoms with Gasteiger partial charge >= 0.3 is 12.1 Å². The Hall–Kier alpha value is -2.08. The van der Waals surface area contributed by atoms with Gasteiger partial charge in [0.25, 0.3) is 0 Å².